The van der Waals surface area contributed by atoms with Crippen molar-refractivity contribution in [2.24, 2.45) is 0 Å². The molecule has 1 rings (SSSR count). The topological polar surface area (TPSA) is 90.1 Å². The first-order valence-electron chi connectivity index (χ1n) is 5.03. The molecular formula is C10H17N3O3. The summed E-state index contributed by atoms with van der Waals surface area (Å²) in [5, 5.41) is 0. The second-order valence-electron chi connectivity index (χ2n) is 4.50. The molecule has 16 heavy (non-hydrogen) atoms. The molecule has 0 aliphatic carbocycles. The van der Waals surface area contributed by atoms with Crippen molar-refractivity contribution < 1.29 is 4.74 Å². The number of anilines is 1. The van der Waals surface area contributed by atoms with Crippen LogP contribution in [0.5, 0.6) is 0 Å². The molecular weight excluding hydrogens is 210 g/mol. The average Bonchev–Trinajstić information content (AvgIpc) is 2.11. The van der Waals surface area contributed by atoms with Crippen molar-refractivity contribution in [2.75, 3.05) is 12.3 Å². The van der Waals surface area contributed by atoms with Gasteiger partial charge in [0, 0.05) is 6.20 Å². The number of aromatic nitrogens is 2. The molecule has 0 spiro atoms. The van der Waals surface area contributed by atoms with Gasteiger partial charge in [0.1, 0.15) is 5.69 Å². The number of hydrogen-bond donors (Lipinski definition) is 2. The van der Waals surface area contributed by atoms with Crippen LogP contribution in [0.3, 0.4) is 0 Å². The summed E-state index contributed by atoms with van der Waals surface area (Å²) in [5.41, 5.74) is 4.14. The highest BCUT2D eigenvalue weighted by Gasteiger charge is 2.09. The monoisotopic (exact) mass is 227 g/mol. The molecule has 0 unspecified atom stereocenters. The third-order valence-electron chi connectivity index (χ3n) is 1.91. The van der Waals surface area contributed by atoms with E-state index in [2.05, 4.69) is 4.98 Å². The fourth-order valence-electron chi connectivity index (χ4n) is 1.14. The van der Waals surface area contributed by atoms with Gasteiger partial charge in [0.15, 0.2) is 0 Å². The van der Waals surface area contributed by atoms with E-state index in [0.717, 1.165) is 0 Å². The van der Waals surface area contributed by atoms with Crippen LogP contribution in [0, 0.1) is 0 Å². The van der Waals surface area contributed by atoms with Crippen molar-refractivity contribution >= 4 is 5.69 Å². The van der Waals surface area contributed by atoms with E-state index < -0.39 is 11.2 Å². The first-order valence-corrected chi connectivity index (χ1v) is 5.03. The number of rotatable bonds is 3. The Morgan fingerprint density at radius 2 is 2.06 bits per heavy atom. The van der Waals surface area contributed by atoms with E-state index in [4.69, 9.17) is 10.5 Å². The predicted molar refractivity (Wildman–Crippen MR) is 61.4 cm³/mol. The first-order chi connectivity index (χ1) is 7.29. The van der Waals surface area contributed by atoms with Crippen LogP contribution in [0.25, 0.3) is 0 Å². The van der Waals surface area contributed by atoms with Gasteiger partial charge in [0.25, 0.3) is 5.56 Å². The van der Waals surface area contributed by atoms with Gasteiger partial charge in [-0.1, -0.05) is 0 Å². The molecule has 0 saturated heterocycles. The Labute approximate surface area is 93.0 Å². The summed E-state index contributed by atoms with van der Waals surface area (Å²) in [6.45, 7) is 6.52. The van der Waals surface area contributed by atoms with E-state index in [1.807, 2.05) is 20.8 Å². The minimum Gasteiger partial charge on any atom is -0.393 e. The fraction of sp³-hybridized carbons (Fsp3) is 0.600. The number of hydrogen-bond acceptors (Lipinski definition) is 4. The summed E-state index contributed by atoms with van der Waals surface area (Å²) in [5.74, 6) is 0. The Kier molecular flexibility index (Phi) is 3.54. The molecule has 0 radical (unpaired) electrons. The van der Waals surface area contributed by atoms with Gasteiger partial charge in [-0.2, -0.15) is 0 Å². The molecule has 6 nitrogen and oxygen atoms in total. The molecule has 1 aromatic rings. The van der Waals surface area contributed by atoms with E-state index in [0.29, 0.717) is 13.2 Å². The smallest absolute Gasteiger partial charge is 0.328 e. The van der Waals surface area contributed by atoms with Crippen molar-refractivity contribution in [1.82, 2.24) is 9.55 Å². The normalized spacial score (nSPS) is 11.7. The zero-order chi connectivity index (χ0) is 12.3. The van der Waals surface area contributed by atoms with Gasteiger partial charge >= 0.3 is 5.69 Å². The number of aromatic amines is 1. The maximum absolute atomic E-state index is 11.3. The van der Waals surface area contributed by atoms with Crippen molar-refractivity contribution in [2.45, 2.75) is 32.9 Å². The molecule has 0 aliphatic heterocycles. The zero-order valence-corrected chi connectivity index (χ0v) is 9.74. The highest BCUT2D eigenvalue weighted by atomic mass is 16.5. The number of nitrogens with one attached hydrogen (secondary N) is 1. The summed E-state index contributed by atoms with van der Waals surface area (Å²) in [6, 6.07) is 0. The van der Waals surface area contributed by atoms with Gasteiger partial charge in [0.2, 0.25) is 0 Å². The van der Waals surface area contributed by atoms with Crippen LogP contribution in [0.2, 0.25) is 0 Å². The van der Waals surface area contributed by atoms with Crippen molar-refractivity contribution in [3.05, 3.63) is 27.0 Å². The average molecular weight is 227 g/mol. The standard InChI is InChI=1S/C10H17N3O3/c1-10(2,3)16-5-4-13-6-7(11)8(14)12-9(13)15/h6H,4-5,11H2,1-3H3,(H,12,14,15). The molecule has 6 heteroatoms. The van der Waals surface area contributed by atoms with Crippen molar-refractivity contribution in [1.29, 1.82) is 0 Å². The fourth-order valence-corrected chi connectivity index (χ4v) is 1.14. The Morgan fingerprint density at radius 1 is 1.44 bits per heavy atom. The van der Waals surface area contributed by atoms with Crippen LogP contribution < -0.4 is 17.0 Å². The first kappa shape index (κ1) is 12.5. The van der Waals surface area contributed by atoms with Crippen molar-refractivity contribution in [3.8, 4) is 0 Å². The Balaban J connectivity index is 2.72. The van der Waals surface area contributed by atoms with E-state index in [1.54, 1.807) is 0 Å². The quantitative estimate of drug-likeness (QED) is 0.756. The van der Waals surface area contributed by atoms with Gasteiger partial charge in [-0.3, -0.25) is 14.3 Å². The highest BCUT2D eigenvalue weighted by Crippen LogP contribution is 2.05. The summed E-state index contributed by atoms with van der Waals surface area (Å²) < 4.78 is 6.79. The van der Waals surface area contributed by atoms with E-state index >= 15 is 0 Å². The maximum Gasteiger partial charge on any atom is 0.328 e. The van der Waals surface area contributed by atoms with Crippen LogP contribution in [-0.4, -0.2) is 21.8 Å². The lowest BCUT2D eigenvalue weighted by molar-refractivity contribution is -0.00723. The van der Waals surface area contributed by atoms with E-state index in [9.17, 15) is 9.59 Å². The number of nitrogens with zero attached hydrogens (tertiary/aromatic N) is 1. The maximum atomic E-state index is 11.3. The number of H-pyrrole nitrogens is 1. The van der Waals surface area contributed by atoms with E-state index in [-0.39, 0.29) is 11.3 Å². The van der Waals surface area contributed by atoms with Crippen LogP contribution in [0.15, 0.2) is 15.8 Å². The molecule has 0 amide bonds. The SMILES string of the molecule is CC(C)(C)OCCn1cc(N)c(=O)[nH]c1=O. The Bertz CT molecular complexity index is 467. The van der Waals surface area contributed by atoms with Crippen LogP contribution in [0.1, 0.15) is 20.8 Å². The predicted octanol–water partition coefficient (Wildman–Crippen LogP) is -0.0661. The molecule has 90 valence electrons. The third-order valence-corrected chi connectivity index (χ3v) is 1.91. The highest BCUT2D eigenvalue weighted by molar-refractivity contribution is 5.30. The van der Waals surface area contributed by atoms with Gasteiger partial charge in [-0.05, 0) is 20.8 Å². The van der Waals surface area contributed by atoms with Crippen LogP contribution in [0.4, 0.5) is 5.69 Å². The minimum atomic E-state index is -0.557. The Morgan fingerprint density at radius 3 is 2.62 bits per heavy atom. The summed E-state index contributed by atoms with van der Waals surface area (Å²) in [6.07, 6.45) is 1.33. The summed E-state index contributed by atoms with van der Waals surface area (Å²) >= 11 is 0. The van der Waals surface area contributed by atoms with Crippen molar-refractivity contribution in [3.63, 3.8) is 0 Å². The molecule has 3 N–H and O–H groups in total. The third kappa shape index (κ3) is 3.54. The summed E-state index contributed by atoms with van der Waals surface area (Å²) in [4.78, 5) is 24.5. The second-order valence-corrected chi connectivity index (χ2v) is 4.50. The molecule has 0 bridgehead atoms. The Hall–Kier alpha value is -1.56. The summed E-state index contributed by atoms with van der Waals surface area (Å²) in [7, 11) is 0. The van der Waals surface area contributed by atoms with Gasteiger partial charge in [-0.25, -0.2) is 4.79 Å². The second kappa shape index (κ2) is 4.52. The molecule has 0 aromatic carbocycles. The number of nitrogen functional groups attached to an aromatic ring is 1. The van der Waals surface area contributed by atoms with Crippen LogP contribution >= 0.6 is 0 Å². The number of ether oxygens (including phenoxy) is 1. The largest absolute Gasteiger partial charge is 0.393 e. The molecule has 0 saturated carbocycles. The number of nitrogens with two attached hydrogens (primary N) is 1. The van der Waals surface area contributed by atoms with E-state index in [1.165, 1.54) is 10.8 Å². The van der Waals surface area contributed by atoms with Crippen LogP contribution in [-0.2, 0) is 11.3 Å². The molecule has 0 fully saturated rings. The molecule has 1 heterocycles. The lowest BCUT2D eigenvalue weighted by Gasteiger charge is -2.19. The van der Waals surface area contributed by atoms with Gasteiger partial charge in [0.05, 0.1) is 18.8 Å². The molecule has 0 aliphatic rings. The molecule has 1 aromatic heterocycles. The lowest BCUT2D eigenvalue weighted by Crippen LogP contribution is -2.33. The van der Waals surface area contributed by atoms with Gasteiger partial charge < -0.3 is 10.5 Å². The van der Waals surface area contributed by atoms with Gasteiger partial charge in [-0.15, -0.1) is 0 Å². The lowest BCUT2D eigenvalue weighted by atomic mass is 10.2. The zero-order valence-electron chi connectivity index (χ0n) is 9.74. The molecule has 0 atom stereocenters. The minimum absolute atomic E-state index is 0.0235.